The molecule has 3 nitrogen and oxygen atoms in total. The second-order valence-corrected chi connectivity index (χ2v) is 4.92. The molecule has 0 aliphatic carbocycles. The van der Waals surface area contributed by atoms with Gasteiger partial charge in [-0.2, -0.15) is 0 Å². The molecule has 0 spiro atoms. The molecule has 0 bridgehead atoms. The van der Waals surface area contributed by atoms with Gasteiger partial charge in [-0.25, -0.2) is 0 Å². The first-order chi connectivity index (χ1) is 10.3. The molecule has 0 heterocycles. The molecule has 0 saturated heterocycles. The van der Waals surface area contributed by atoms with Crippen LogP contribution in [0.1, 0.15) is 18.1 Å². The van der Waals surface area contributed by atoms with Crippen molar-refractivity contribution in [1.29, 1.82) is 0 Å². The third-order valence-corrected chi connectivity index (χ3v) is 3.10. The Bertz CT molecular complexity index is 537. The molecule has 0 atom stereocenters. The van der Waals surface area contributed by atoms with Gasteiger partial charge in [-0.3, -0.25) is 0 Å². The van der Waals surface area contributed by atoms with Gasteiger partial charge in [0, 0.05) is 13.1 Å². The smallest absolute Gasteiger partial charge is 0.119 e. The molecule has 2 rings (SSSR count). The van der Waals surface area contributed by atoms with Gasteiger partial charge in [0.1, 0.15) is 18.1 Å². The molecular formula is C18H23NO2. The Morgan fingerprint density at radius 2 is 1.76 bits per heavy atom. The van der Waals surface area contributed by atoms with E-state index in [1.165, 1.54) is 11.1 Å². The van der Waals surface area contributed by atoms with Gasteiger partial charge in [0.15, 0.2) is 0 Å². The lowest BCUT2D eigenvalue weighted by molar-refractivity contribution is 0.313. The Morgan fingerprint density at radius 3 is 2.48 bits per heavy atom. The predicted molar refractivity (Wildman–Crippen MR) is 86.0 cm³/mol. The highest BCUT2D eigenvalue weighted by molar-refractivity contribution is 5.28. The summed E-state index contributed by atoms with van der Waals surface area (Å²) in [7, 11) is 0. The number of hydrogen-bond donors (Lipinski definition) is 1. The first kappa shape index (κ1) is 15.4. The fourth-order valence-electron chi connectivity index (χ4n) is 2.05. The van der Waals surface area contributed by atoms with Crippen LogP contribution in [0.5, 0.6) is 11.5 Å². The van der Waals surface area contributed by atoms with Gasteiger partial charge >= 0.3 is 0 Å². The minimum absolute atomic E-state index is 0.667. The lowest BCUT2D eigenvalue weighted by Gasteiger charge is -2.09. The number of nitrogens with one attached hydrogen (secondary N) is 1. The second kappa shape index (κ2) is 8.32. The van der Waals surface area contributed by atoms with Crippen LogP contribution in [0.4, 0.5) is 0 Å². The van der Waals surface area contributed by atoms with E-state index in [9.17, 15) is 0 Å². The van der Waals surface area contributed by atoms with Crippen molar-refractivity contribution in [2.24, 2.45) is 0 Å². The third kappa shape index (κ3) is 5.48. The molecule has 0 aromatic heterocycles. The molecule has 112 valence electrons. The van der Waals surface area contributed by atoms with Crippen LogP contribution in [0.2, 0.25) is 0 Å². The van der Waals surface area contributed by atoms with Crippen LogP contribution in [0.25, 0.3) is 0 Å². The number of hydrogen-bond acceptors (Lipinski definition) is 3. The summed E-state index contributed by atoms with van der Waals surface area (Å²) >= 11 is 0. The molecule has 2 aromatic rings. The average molecular weight is 285 g/mol. The standard InChI is InChI=1S/C18H23NO2/c1-3-20-17-9-7-16(8-10-17)14-19-11-12-21-18-6-4-5-15(2)13-18/h4-10,13,19H,3,11-12,14H2,1-2H3. The Labute approximate surface area is 126 Å². The molecule has 0 fully saturated rings. The van der Waals surface area contributed by atoms with Crippen molar-refractivity contribution in [2.45, 2.75) is 20.4 Å². The van der Waals surface area contributed by atoms with Crippen LogP contribution < -0.4 is 14.8 Å². The molecule has 1 N–H and O–H groups in total. The fourth-order valence-corrected chi connectivity index (χ4v) is 2.05. The summed E-state index contributed by atoms with van der Waals surface area (Å²) in [4.78, 5) is 0. The maximum absolute atomic E-state index is 5.69. The zero-order valence-electron chi connectivity index (χ0n) is 12.8. The Kier molecular flexibility index (Phi) is 6.10. The Balaban J connectivity index is 1.65. The lowest BCUT2D eigenvalue weighted by atomic mass is 10.2. The first-order valence-electron chi connectivity index (χ1n) is 7.40. The molecule has 0 amide bonds. The van der Waals surface area contributed by atoms with Crippen LogP contribution >= 0.6 is 0 Å². The summed E-state index contributed by atoms with van der Waals surface area (Å²) in [6.45, 7) is 7.08. The normalized spacial score (nSPS) is 10.4. The molecule has 0 aliphatic heterocycles. The number of ether oxygens (including phenoxy) is 2. The van der Waals surface area contributed by atoms with E-state index in [0.29, 0.717) is 13.2 Å². The monoisotopic (exact) mass is 285 g/mol. The van der Waals surface area contributed by atoms with Gasteiger partial charge in [0.05, 0.1) is 6.61 Å². The largest absolute Gasteiger partial charge is 0.494 e. The summed E-state index contributed by atoms with van der Waals surface area (Å²) in [5.41, 5.74) is 2.46. The van der Waals surface area contributed by atoms with Crippen LogP contribution in [-0.2, 0) is 6.54 Å². The molecular weight excluding hydrogens is 262 g/mol. The number of aryl methyl sites for hydroxylation is 1. The van der Waals surface area contributed by atoms with Gasteiger partial charge in [-0.05, 0) is 49.2 Å². The summed E-state index contributed by atoms with van der Waals surface area (Å²) in [5, 5.41) is 3.37. The van der Waals surface area contributed by atoms with Crippen molar-refractivity contribution in [1.82, 2.24) is 5.32 Å². The maximum atomic E-state index is 5.69. The fraction of sp³-hybridized carbons (Fsp3) is 0.333. The topological polar surface area (TPSA) is 30.5 Å². The van der Waals surface area contributed by atoms with E-state index in [1.807, 2.05) is 37.3 Å². The van der Waals surface area contributed by atoms with Crippen LogP contribution in [0.15, 0.2) is 48.5 Å². The van der Waals surface area contributed by atoms with Crippen molar-refractivity contribution < 1.29 is 9.47 Å². The average Bonchev–Trinajstić information content (AvgIpc) is 2.49. The molecule has 0 saturated carbocycles. The zero-order chi connectivity index (χ0) is 14.9. The highest BCUT2D eigenvalue weighted by Crippen LogP contribution is 2.12. The van der Waals surface area contributed by atoms with Gasteiger partial charge < -0.3 is 14.8 Å². The minimum Gasteiger partial charge on any atom is -0.494 e. The minimum atomic E-state index is 0.667. The van der Waals surface area contributed by atoms with E-state index in [4.69, 9.17) is 9.47 Å². The van der Waals surface area contributed by atoms with Gasteiger partial charge in [-0.1, -0.05) is 24.3 Å². The van der Waals surface area contributed by atoms with Crippen molar-refractivity contribution in [3.05, 3.63) is 59.7 Å². The van der Waals surface area contributed by atoms with Crippen molar-refractivity contribution in [3.8, 4) is 11.5 Å². The summed E-state index contributed by atoms with van der Waals surface area (Å²) in [5.74, 6) is 1.85. The van der Waals surface area contributed by atoms with Crippen molar-refractivity contribution in [3.63, 3.8) is 0 Å². The lowest BCUT2D eigenvalue weighted by Crippen LogP contribution is -2.20. The summed E-state index contributed by atoms with van der Waals surface area (Å²) < 4.78 is 11.1. The van der Waals surface area contributed by atoms with Crippen molar-refractivity contribution >= 4 is 0 Å². The molecule has 3 heteroatoms. The Hall–Kier alpha value is -2.00. The van der Waals surface area contributed by atoms with Gasteiger partial charge in [0.25, 0.3) is 0 Å². The van der Waals surface area contributed by atoms with Gasteiger partial charge in [-0.15, -0.1) is 0 Å². The number of rotatable bonds is 8. The van der Waals surface area contributed by atoms with E-state index in [1.54, 1.807) is 0 Å². The van der Waals surface area contributed by atoms with Crippen LogP contribution in [-0.4, -0.2) is 19.8 Å². The van der Waals surface area contributed by atoms with E-state index < -0.39 is 0 Å². The Morgan fingerprint density at radius 1 is 0.952 bits per heavy atom. The SMILES string of the molecule is CCOc1ccc(CNCCOc2cccc(C)c2)cc1. The quantitative estimate of drug-likeness (QED) is 0.752. The van der Waals surface area contributed by atoms with E-state index in [0.717, 1.165) is 24.6 Å². The predicted octanol–water partition coefficient (Wildman–Crippen LogP) is 3.56. The first-order valence-corrected chi connectivity index (χ1v) is 7.40. The van der Waals surface area contributed by atoms with E-state index >= 15 is 0 Å². The molecule has 0 radical (unpaired) electrons. The highest BCUT2D eigenvalue weighted by Gasteiger charge is 1.96. The van der Waals surface area contributed by atoms with Crippen LogP contribution in [0, 0.1) is 6.92 Å². The molecule has 2 aromatic carbocycles. The summed E-state index contributed by atoms with van der Waals surface area (Å²) in [6.07, 6.45) is 0. The highest BCUT2D eigenvalue weighted by atomic mass is 16.5. The maximum Gasteiger partial charge on any atom is 0.119 e. The molecule has 0 unspecified atom stereocenters. The van der Waals surface area contributed by atoms with E-state index in [2.05, 4.69) is 30.4 Å². The zero-order valence-corrected chi connectivity index (χ0v) is 12.8. The van der Waals surface area contributed by atoms with Crippen molar-refractivity contribution in [2.75, 3.05) is 19.8 Å². The number of benzene rings is 2. The summed E-state index contributed by atoms with van der Waals surface area (Å²) in [6, 6.07) is 16.3. The van der Waals surface area contributed by atoms with Gasteiger partial charge in [0.2, 0.25) is 0 Å². The molecule has 21 heavy (non-hydrogen) atoms. The van der Waals surface area contributed by atoms with E-state index in [-0.39, 0.29) is 0 Å². The molecule has 0 aliphatic rings. The third-order valence-electron chi connectivity index (χ3n) is 3.10. The van der Waals surface area contributed by atoms with Crippen LogP contribution in [0.3, 0.4) is 0 Å². The second-order valence-electron chi connectivity index (χ2n) is 4.92.